The number of nitrogens with zero attached hydrogens (tertiary/aromatic N) is 2. The average Bonchev–Trinajstić information content (AvgIpc) is 2.77. The topological polar surface area (TPSA) is 102 Å². The number of hydrogen-bond donors (Lipinski definition) is 2. The van der Waals surface area contributed by atoms with Gasteiger partial charge in [-0.3, -0.25) is 19.6 Å². The molecule has 1 aliphatic carbocycles. The van der Waals surface area contributed by atoms with E-state index in [0.29, 0.717) is 35.3 Å². The third-order valence-corrected chi connectivity index (χ3v) is 6.12. The van der Waals surface area contributed by atoms with Crippen LogP contribution in [0.2, 0.25) is 0 Å². The van der Waals surface area contributed by atoms with Crippen LogP contribution in [0.4, 0.5) is 8.78 Å². The monoisotopic (exact) mass is 434 g/mol. The van der Waals surface area contributed by atoms with Crippen molar-refractivity contribution in [1.29, 1.82) is 0 Å². The maximum atomic E-state index is 13.8. The van der Waals surface area contributed by atoms with E-state index in [1.807, 2.05) is 30.3 Å². The van der Waals surface area contributed by atoms with Gasteiger partial charge in [0.15, 0.2) is 5.43 Å². The fourth-order valence-electron chi connectivity index (χ4n) is 4.50. The van der Waals surface area contributed by atoms with Gasteiger partial charge < -0.3 is 10.7 Å². The number of amides is 1. The molecule has 4 aromatic rings. The van der Waals surface area contributed by atoms with Crippen molar-refractivity contribution in [3.8, 4) is 11.3 Å². The maximum Gasteiger partial charge on any atom is 0.268 e. The minimum Gasteiger partial charge on any atom is -0.364 e. The quantitative estimate of drug-likeness (QED) is 0.495. The molecule has 0 bridgehead atoms. The number of rotatable bonds is 3. The number of nitrogens with two attached hydrogens (primary N) is 1. The maximum absolute atomic E-state index is 13.8. The van der Waals surface area contributed by atoms with Crippen LogP contribution in [-0.4, -0.2) is 26.8 Å². The van der Waals surface area contributed by atoms with E-state index < -0.39 is 17.3 Å². The number of hydrogen-bond acceptors (Lipinski definition) is 4. The second-order valence-corrected chi connectivity index (χ2v) is 8.24. The molecule has 1 saturated carbocycles. The Labute approximate surface area is 181 Å². The number of aromatic nitrogens is 3. The lowest BCUT2D eigenvalue weighted by Gasteiger charge is -2.29. The second-order valence-electron chi connectivity index (χ2n) is 8.24. The summed E-state index contributed by atoms with van der Waals surface area (Å²) in [7, 11) is 0. The molecule has 3 aromatic heterocycles. The highest BCUT2D eigenvalue weighted by Gasteiger charge is 2.36. The van der Waals surface area contributed by atoms with Gasteiger partial charge in [-0.05, 0) is 31.0 Å². The summed E-state index contributed by atoms with van der Waals surface area (Å²) in [6.07, 6.45) is 1.67. The molecule has 162 valence electrons. The van der Waals surface area contributed by atoms with E-state index in [1.165, 1.54) is 12.3 Å². The van der Waals surface area contributed by atoms with Crippen molar-refractivity contribution < 1.29 is 13.6 Å². The highest BCUT2D eigenvalue weighted by molar-refractivity contribution is 6.03. The van der Waals surface area contributed by atoms with E-state index in [2.05, 4.69) is 9.97 Å². The van der Waals surface area contributed by atoms with Crippen molar-refractivity contribution in [1.82, 2.24) is 15.0 Å². The Morgan fingerprint density at radius 2 is 1.88 bits per heavy atom. The molecule has 0 aliphatic heterocycles. The summed E-state index contributed by atoms with van der Waals surface area (Å²) < 4.78 is 27.6. The van der Waals surface area contributed by atoms with Crippen LogP contribution >= 0.6 is 0 Å². The lowest BCUT2D eigenvalue weighted by molar-refractivity contribution is -0.0384. The van der Waals surface area contributed by atoms with Gasteiger partial charge >= 0.3 is 0 Å². The van der Waals surface area contributed by atoms with Gasteiger partial charge in [-0.1, -0.05) is 18.2 Å². The summed E-state index contributed by atoms with van der Waals surface area (Å²) in [5.41, 5.74) is 7.97. The Kier molecular flexibility index (Phi) is 4.73. The number of nitrogens with one attached hydrogen (secondary N) is 1. The number of carbonyl (C=O) groups is 1. The number of H-pyrrole nitrogens is 1. The lowest BCUT2D eigenvalue weighted by Crippen LogP contribution is -2.24. The summed E-state index contributed by atoms with van der Waals surface area (Å²) in [5.74, 6) is -3.58. The number of primary amides is 1. The summed E-state index contributed by atoms with van der Waals surface area (Å²) >= 11 is 0. The Morgan fingerprint density at radius 1 is 1.12 bits per heavy atom. The Bertz CT molecular complexity index is 1420. The number of para-hydroxylation sites is 1. The molecule has 1 fully saturated rings. The van der Waals surface area contributed by atoms with Crippen molar-refractivity contribution in [2.45, 2.75) is 37.5 Å². The first-order valence-electron chi connectivity index (χ1n) is 10.4. The molecule has 8 heteroatoms. The molecule has 0 unspecified atom stereocenters. The van der Waals surface area contributed by atoms with Gasteiger partial charge in [0.25, 0.3) is 5.91 Å². The third kappa shape index (κ3) is 3.51. The summed E-state index contributed by atoms with van der Waals surface area (Å²) in [6, 6.07) is 12.5. The number of halogens is 2. The van der Waals surface area contributed by atoms with Crippen molar-refractivity contribution in [3.05, 3.63) is 70.3 Å². The van der Waals surface area contributed by atoms with Crippen molar-refractivity contribution in [2.24, 2.45) is 5.73 Å². The summed E-state index contributed by atoms with van der Waals surface area (Å²) in [4.78, 5) is 36.6. The fourth-order valence-corrected chi connectivity index (χ4v) is 4.50. The molecule has 0 saturated heterocycles. The first-order valence-corrected chi connectivity index (χ1v) is 10.4. The fraction of sp³-hybridized carbons (Fsp3) is 0.250. The summed E-state index contributed by atoms with van der Waals surface area (Å²) in [6.45, 7) is 0. The SMILES string of the molecule is NC(=O)c1nccc2[nH]c(-c3cc4ccccc4nc3C3CCC(F)(F)CC3)cc(=O)c12. The van der Waals surface area contributed by atoms with Crippen molar-refractivity contribution in [2.75, 3.05) is 0 Å². The number of alkyl halides is 2. The van der Waals surface area contributed by atoms with E-state index in [-0.39, 0.29) is 29.8 Å². The molecule has 5 rings (SSSR count). The van der Waals surface area contributed by atoms with Crippen LogP contribution in [-0.2, 0) is 0 Å². The van der Waals surface area contributed by atoms with E-state index in [4.69, 9.17) is 10.7 Å². The van der Waals surface area contributed by atoms with Gasteiger partial charge in [-0.15, -0.1) is 0 Å². The van der Waals surface area contributed by atoms with Crippen LogP contribution in [0, 0.1) is 0 Å². The molecular weight excluding hydrogens is 414 g/mol. The molecule has 0 radical (unpaired) electrons. The molecule has 6 nitrogen and oxygen atoms in total. The van der Waals surface area contributed by atoms with E-state index in [9.17, 15) is 18.4 Å². The van der Waals surface area contributed by atoms with Crippen molar-refractivity contribution >= 4 is 27.7 Å². The minimum atomic E-state index is -2.65. The number of carbonyl (C=O) groups excluding carboxylic acids is 1. The highest BCUT2D eigenvalue weighted by atomic mass is 19.3. The van der Waals surface area contributed by atoms with Crippen LogP contribution in [0.25, 0.3) is 33.1 Å². The van der Waals surface area contributed by atoms with Gasteiger partial charge in [0.2, 0.25) is 5.92 Å². The first kappa shape index (κ1) is 20.2. The normalized spacial score (nSPS) is 16.4. The Balaban J connectivity index is 1.72. The average molecular weight is 434 g/mol. The largest absolute Gasteiger partial charge is 0.364 e. The van der Waals surface area contributed by atoms with E-state index >= 15 is 0 Å². The smallest absolute Gasteiger partial charge is 0.268 e. The molecule has 3 heterocycles. The van der Waals surface area contributed by atoms with Gasteiger partial charge in [-0.25, -0.2) is 8.78 Å². The van der Waals surface area contributed by atoms with Gasteiger partial charge in [0.05, 0.1) is 27.8 Å². The van der Waals surface area contributed by atoms with Crippen LogP contribution in [0.15, 0.2) is 53.5 Å². The van der Waals surface area contributed by atoms with Gasteiger partial charge in [0, 0.05) is 42.0 Å². The number of benzene rings is 1. The first-order chi connectivity index (χ1) is 15.3. The molecule has 3 N–H and O–H groups in total. The number of fused-ring (bicyclic) bond motifs is 2. The van der Waals surface area contributed by atoms with Gasteiger partial charge in [0.1, 0.15) is 5.69 Å². The minimum absolute atomic E-state index is 0.0957. The Hall–Kier alpha value is -3.68. The number of pyridine rings is 3. The highest BCUT2D eigenvalue weighted by Crippen LogP contribution is 2.43. The molecule has 0 spiro atoms. The van der Waals surface area contributed by atoms with Gasteiger partial charge in [-0.2, -0.15) is 0 Å². The molecule has 32 heavy (non-hydrogen) atoms. The zero-order chi connectivity index (χ0) is 22.5. The molecule has 0 atom stereocenters. The number of aromatic amines is 1. The zero-order valence-corrected chi connectivity index (χ0v) is 17.1. The lowest BCUT2D eigenvalue weighted by atomic mass is 9.82. The molecule has 1 amide bonds. The van der Waals surface area contributed by atoms with Crippen molar-refractivity contribution in [3.63, 3.8) is 0 Å². The Morgan fingerprint density at radius 3 is 2.62 bits per heavy atom. The molecular formula is C24H20F2N4O2. The third-order valence-electron chi connectivity index (χ3n) is 6.12. The zero-order valence-electron chi connectivity index (χ0n) is 17.1. The van der Waals surface area contributed by atoms with Crippen LogP contribution in [0.1, 0.15) is 47.8 Å². The van der Waals surface area contributed by atoms with E-state index in [0.717, 1.165) is 10.9 Å². The van der Waals surface area contributed by atoms with Crippen LogP contribution in [0.3, 0.4) is 0 Å². The second kappa shape index (κ2) is 7.47. The molecule has 1 aliphatic rings. The predicted molar refractivity (Wildman–Crippen MR) is 118 cm³/mol. The predicted octanol–water partition coefficient (Wildman–Crippen LogP) is 4.53. The standard InChI is InChI=1S/C24H20F2N4O2/c25-24(26)8-5-13(6-9-24)21-15(11-14-3-1-2-4-16(14)30-21)18-12-19(31)20-17(29-18)7-10-28-22(20)23(27)32/h1-4,7,10-13H,5-6,8-9H2,(H2,27,32)(H,29,31). The van der Waals surface area contributed by atoms with Crippen LogP contribution in [0.5, 0.6) is 0 Å². The van der Waals surface area contributed by atoms with Crippen LogP contribution < -0.4 is 11.2 Å². The molecule has 1 aromatic carbocycles. The summed E-state index contributed by atoms with van der Waals surface area (Å²) in [5, 5.41) is 0.997. The van der Waals surface area contributed by atoms with E-state index in [1.54, 1.807) is 6.07 Å².